The largest absolute Gasteiger partial charge is 0.383 e. The number of alkyl halides is 4. The zero-order chi connectivity index (χ0) is 10.8. The van der Waals surface area contributed by atoms with E-state index in [0.29, 0.717) is 0 Å². The van der Waals surface area contributed by atoms with Crippen molar-refractivity contribution in [2.24, 2.45) is 0 Å². The van der Waals surface area contributed by atoms with Gasteiger partial charge in [-0.05, 0) is 6.42 Å². The Morgan fingerprint density at radius 1 is 1.14 bits per heavy atom. The van der Waals surface area contributed by atoms with Crippen LogP contribution in [0.1, 0.15) is 19.3 Å². The number of piperidine rings is 1. The standard InChI is InChI=1S/C8H13F4NO/c1-14-6-5-13-7(9,10)3-2-4-8(13,11)12/h2-6H2,1H3. The topological polar surface area (TPSA) is 12.5 Å². The van der Waals surface area contributed by atoms with Gasteiger partial charge in [0.1, 0.15) is 0 Å². The van der Waals surface area contributed by atoms with E-state index in [-0.39, 0.29) is 17.9 Å². The lowest BCUT2D eigenvalue weighted by atomic mass is 10.1. The van der Waals surface area contributed by atoms with E-state index in [4.69, 9.17) is 0 Å². The van der Waals surface area contributed by atoms with E-state index in [1.54, 1.807) is 0 Å². The normalized spacial score (nSPS) is 26.4. The highest BCUT2D eigenvalue weighted by atomic mass is 19.3. The quantitative estimate of drug-likeness (QED) is 0.529. The fraction of sp³-hybridized carbons (Fsp3) is 1.00. The van der Waals surface area contributed by atoms with E-state index in [9.17, 15) is 17.6 Å². The van der Waals surface area contributed by atoms with Crippen LogP contribution < -0.4 is 0 Å². The number of ether oxygens (including phenoxy) is 1. The number of likely N-dealkylation sites (tertiary alicyclic amines) is 1. The molecule has 14 heavy (non-hydrogen) atoms. The summed E-state index contributed by atoms with van der Waals surface area (Å²) < 4.78 is 56.8. The number of rotatable bonds is 3. The molecule has 1 aliphatic heterocycles. The highest BCUT2D eigenvalue weighted by molar-refractivity contribution is 4.83. The van der Waals surface area contributed by atoms with Crippen LogP contribution >= 0.6 is 0 Å². The molecular formula is C8H13F4NO. The molecule has 0 aromatic rings. The summed E-state index contributed by atoms with van der Waals surface area (Å²) in [5.41, 5.74) is 0. The van der Waals surface area contributed by atoms with Gasteiger partial charge in [0.25, 0.3) is 0 Å². The van der Waals surface area contributed by atoms with E-state index in [2.05, 4.69) is 4.74 Å². The molecule has 84 valence electrons. The van der Waals surface area contributed by atoms with Crippen molar-refractivity contribution in [2.45, 2.75) is 31.4 Å². The van der Waals surface area contributed by atoms with Crippen LogP contribution in [0, 0.1) is 0 Å². The van der Waals surface area contributed by atoms with Gasteiger partial charge in [-0.2, -0.15) is 22.5 Å². The molecule has 1 aliphatic rings. The first-order valence-corrected chi connectivity index (χ1v) is 4.42. The Hall–Kier alpha value is -0.360. The molecule has 6 heteroatoms. The summed E-state index contributed by atoms with van der Waals surface area (Å²) in [6, 6.07) is -6.83. The van der Waals surface area contributed by atoms with Crippen molar-refractivity contribution in [3.63, 3.8) is 0 Å². The maximum absolute atomic E-state index is 13.1. The summed E-state index contributed by atoms with van der Waals surface area (Å²) in [6.07, 6.45) is -1.16. The Kier molecular flexibility index (Phi) is 3.36. The highest BCUT2D eigenvalue weighted by Crippen LogP contribution is 2.42. The predicted octanol–water partition coefficient (Wildman–Crippen LogP) is 2.30. The summed E-state index contributed by atoms with van der Waals surface area (Å²) in [6.45, 7) is -0.568. The predicted molar refractivity (Wildman–Crippen MR) is 42.3 cm³/mol. The molecule has 1 rings (SSSR count). The first kappa shape index (κ1) is 11.7. The molecule has 0 unspecified atom stereocenters. The van der Waals surface area contributed by atoms with E-state index in [1.807, 2.05) is 0 Å². The molecule has 2 nitrogen and oxygen atoms in total. The van der Waals surface area contributed by atoms with Crippen molar-refractivity contribution in [1.29, 1.82) is 0 Å². The van der Waals surface area contributed by atoms with Crippen molar-refractivity contribution in [1.82, 2.24) is 4.90 Å². The van der Waals surface area contributed by atoms with Crippen LogP contribution in [0.5, 0.6) is 0 Å². The van der Waals surface area contributed by atoms with Gasteiger partial charge >= 0.3 is 12.1 Å². The minimum Gasteiger partial charge on any atom is -0.383 e. The van der Waals surface area contributed by atoms with Gasteiger partial charge in [-0.15, -0.1) is 0 Å². The van der Waals surface area contributed by atoms with Gasteiger partial charge in [0.05, 0.1) is 6.61 Å². The number of halogens is 4. The Morgan fingerprint density at radius 3 is 2.07 bits per heavy atom. The second-order valence-electron chi connectivity index (χ2n) is 3.33. The SMILES string of the molecule is COCCN1C(F)(F)CCCC1(F)F. The maximum Gasteiger partial charge on any atom is 0.309 e. The highest BCUT2D eigenvalue weighted by Gasteiger charge is 2.54. The number of hydrogen-bond donors (Lipinski definition) is 0. The number of hydrogen-bond acceptors (Lipinski definition) is 2. The molecule has 0 atom stereocenters. The molecule has 0 aromatic carbocycles. The zero-order valence-electron chi connectivity index (χ0n) is 7.90. The van der Waals surface area contributed by atoms with Gasteiger partial charge in [-0.1, -0.05) is 0 Å². The summed E-state index contributed by atoms with van der Waals surface area (Å²) >= 11 is 0. The Labute approximate surface area is 79.8 Å². The molecule has 0 spiro atoms. The second-order valence-corrected chi connectivity index (χ2v) is 3.33. The van der Waals surface area contributed by atoms with Gasteiger partial charge in [0.15, 0.2) is 0 Å². The molecule has 0 radical (unpaired) electrons. The molecule has 0 saturated carbocycles. The van der Waals surface area contributed by atoms with Crippen LogP contribution in [0.15, 0.2) is 0 Å². The van der Waals surface area contributed by atoms with Crippen LogP contribution in [0.25, 0.3) is 0 Å². The molecule has 1 saturated heterocycles. The fourth-order valence-electron chi connectivity index (χ4n) is 1.53. The van der Waals surface area contributed by atoms with Crippen LogP contribution in [0.2, 0.25) is 0 Å². The van der Waals surface area contributed by atoms with Crippen molar-refractivity contribution >= 4 is 0 Å². The molecule has 1 fully saturated rings. The van der Waals surface area contributed by atoms with E-state index < -0.39 is 31.5 Å². The lowest BCUT2D eigenvalue weighted by molar-refractivity contribution is -0.301. The number of nitrogens with zero attached hydrogens (tertiary/aromatic N) is 1. The van der Waals surface area contributed by atoms with Crippen molar-refractivity contribution in [3.05, 3.63) is 0 Å². The summed E-state index contributed by atoms with van der Waals surface area (Å²) in [4.78, 5) is -0.0625. The Balaban J connectivity index is 2.70. The average molecular weight is 215 g/mol. The van der Waals surface area contributed by atoms with E-state index in [0.717, 1.165) is 0 Å². The summed E-state index contributed by atoms with van der Waals surface area (Å²) in [5, 5.41) is 0. The van der Waals surface area contributed by atoms with E-state index in [1.165, 1.54) is 7.11 Å². The van der Waals surface area contributed by atoms with Gasteiger partial charge in [0, 0.05) is 26.5 Å². The van der Waals surface area contributed by atoms with Gasteiger partial charge in [-0.25, -0.2) is 0 Å². The molecule has 1 heterocycles. The van der Waals surface area contributed by atoms with Crippen LogP contribution in [0.3, 0.4) is 0 Å². The zero-order valence-corrected chi connectivity index (χ0v) is 7.90. The molecule has 0 N–H and O–H groups in total. The first-order valence-electron chi connectivity index (χ1n) is 4.42. The van der Waals surface area contributed by atoms with E-state index >= 15 is 0 Å². The summed E-state index contributed by atoms with van der Waals surface area (Å²) in [7, 11) is 1.29. The molecule has 0 aliphatic carbocycles. The van der Waals surface area contributed by atoms with Gasteiger partial charge in [-0.3, -0.25) is 0 Å². The van der Waals surface area contributed by atoms with Crippen molar-refractivity contribution in [2.75, 3.05) is 20.3 Å². The third-order valence-electron chi connectivity index (χ3n) is 2.26. The monoisotopic (exact) mass is 215 g/mol. The van der Waals surface area contributed by atoms with Crippen molar-refractivity contribution < 1.29 is 22.3 Å². The lowest BCUT2D eigenvalue weighted by Gasteiger charge is -2.40. The first-order chi connectivity index (χ1) is 6.40. The van der Waals surface area contributed by atoms with Crippen molar-refractivity contribution in [3.8, 4) is 0 Å². The molecule has 0 aromatic heterocycles. The third-order valence-corrected chi connectivity index (χ3v) is 2.26. The van der Waals surface area contributed by atoms with Crippen LogP contribution in [0.4, 0.5) is 17.6 Å². The fourth-order valence-corrected chi connectivity index (χ4v) is 1.53. The van der Waals surface area contributed by atoms with Gasteiger partial charge < -0.3 is 4.74 Å². The smallest absolute Gasteiger partial charge is 0.309 e. The van der Waals surface area contributed by atoms with Crippen LogP contribution in [-0.4, -0.2) is 37.3 Å². The molecule has 0 amide bonds. The summed E-state index contributed by atoms with van der Waals surface area (Å²) in [5.74, 6) is 0. The Bertz CT molecular complexity index is 182. The minimum absolute atomic E-state index is 0.0625. The maximum atomic E-state index is 13.1. The van der Waals surface area contributed by atoms with Crippen LogP contribution in [-0.2, 0) is 4.74 Å². The lowest BCUT2D eigenvalue weighted by Crippen LogP contribution is -2.56. The molecular weight excluding hydrogens is 202 g/mol. The third kappa shape index (κ3) is 2.36. The Morgan fingerprint density at radius 2 is 1.64 bits per heavy atom. The van der Waals surface area contributed by atoms with Gasteiger partial charge in [0.2, 0.25) is 0 Å². The minimum atomic E-state index is -3.42. The molecule has 0 bridgehead atoms. The average Bonchev–Trinajstić information content (AvgIpc) is 2.01. The number of methoxy groups -OCH3 is 1. The second kappa shape index (κ2) is 4.02.